The smallest absolute Gasteiger partial charge is 0.0396 e. The zero-order valence-corrected chi connectivity index (χ0v) is 12.7. The van der Waals surface area contributed by atoms with Gasteiger partial charge < -0.3 is 10.6 Å². The van der Waals surface area contributed by atoms with Crippen LogP contribution in [0.25, 0.3) is 0 Å². The highest BCUT2D eigenvalue weighted by Crippen LogP contribution is 2.29. The fourth-order valence-electron chi connectivity index (χ4n) is 3.20. The molecule has 0 spiro atoms. The molecule has 1 aromatic rings. The Morgan fingerprint density at radius 2 is 1.95 bits per heavy atom. The summed E-state index contributed by atoms with van der Waals surface area (Å²) >= 11 is 0. The van der Waals surface area contributed by atoms with Crippen molar-refractivity contribution >= 4 is 5.69 Å². The molecule has 0 aromatic heterocycles. The first-order chi connectivity index (χ1) is 9.11. The Bertz CT molecular complexity index is 404. The molecule has 0 radical (unpaired) electrons. The maximum atomic E-state index is 5.62. The Hall–Kier alpha value is -1.02. The first-order valence-corrected chi connectivity index (χ1v) is 7.66. The van der Waals surface area contributed by atoms with Crippen molar-refractivity contribution in [2.24, 2.45) is 17.6 Å². The lowest BCUT2D eigenvalue weighted by atomic mass is 9.86. The quantitative estimate of drug-likeness (QED) is 0.899. The van der Waals surface area contributed by atoms with E-state index in [0.29, 0.717) is 0 Å². The summed E-state index contributed by atoms with van der Waals surface area (Å²) in [5, 5.41) is 0. The van der Waals surface area contributed by atoms with Crippen molar-refractivity contribution in [1.82, 2.24) is 0 Å². The summed E-state index contributed by atoms with van der Waals surface area (Å²) in [4.78, 5) is 2.56. The van der Waals surface area contributed by atoms with Crippen LogP contribution in [0.3, 0.4) is 0 Å². The van der Waals surface area contributed by atoms with Crippen LogP contribution in [0.1, 0.15) is 37.8 Å². The van der Waals surface area contributed by atoms with Crippen molar-refractivity contribution in [3.8, 4) is 0 Å². The summed E-state index contributed by atoms with van der Waals surface area (Å²) < 4.78 is 0. The molecule has 0 amide bonds. The van der Waals surface area contributed by atoms with E-state index in [1.165, 1.54) is 42.7 Å². The molecule has 0 aliphatic carbocycles. The van der Waals surface area contributed by atoms with E-state index in [0.717, 1.165) is 24.8 Å². The Kier molecular flexibility index (Phi) is 4.87. The summed E-state index contributed by atoms with van der Waals surface area (Å²) in [6.07, 6.45) is 3.65. The Balaban J connectivity index is 2.03. The third-order valence-corrected chi connectivity index (χ3v) is 4.52. The largest absolute Gasteiger partial charge is 0.371 e. The van der Waals surface area contributed by atoms with Gasteiger partial charge in [-0.1, -0.05) is 26.0 Å². The number of aryl methyl sites for hydroxylation is 1. The average Bonchev–Trinajstić information content (AvgIpc) is 2.39. The van der Waals surface area contributed by atoms with Crippen LogP contribution < -0.4 is 10.6 Å². The van der Waals surface area contributed by atoms with Gasteiger partial charge in [0.25, 0.3) is 0 Å². The van der Waals surface area contributed by atoms with Crippen molar-refractivity contribution in [1.29, 1.82) is 0 Å². The SMILES string of the molecule is Cc1cc(CCN)ccc1N1CCC(C(C)C)CC1. The summed E-state index contributed by atoms with van der Waals surface area (Å²) in [6, 6.07) is 6.83. The predicted molar refractivity (Wildman–Crippen MR) is 83.7 cm³/mol. The maximum Gasteiger partial charge on any atom is 0.0396 e. The van der Waals surface area contributed by atoms with Crippen LogP contribution in [-0.2, 0) is 6.42 Å². The van der Waals surface area contributed by atoms with Crippen molar-refractivity contribution in [3.05, 3.63) is 29.3 Å². The number of hydrogen-bond donors (Lipinski definition) is 1. The Morgan fingerprint density at radius 1 is 1.26 bits per heavy atom. The number of rotatable bonds is 4. The van der Waals surface area contributed by atoms with Crippen LogP contribution in [0.4, 0.5) is 5.69 Å². The monoisotopic (exact) mass is 260 g/mol. The van der Waals surface area contributed by atoms with Gasteiger partial charge in [0, 0.05) is 18.8 Å². The van der Waals surface area contributed by atoms with Crippen molar-refractivity contribution in [2.45, 2.75) is 40.0 Å². The number of anilines is 1. The lowest BCUT2D eigenvalue weighted by Crippen LogP contribution is -2.35. The first kappa shape index (κ1) is 14.4. The molecule has 1 aliphatic heterocycles. The minimum Gasteiger partial charge on any atom is -0.371 e. The van der Waals surface area contributed by atoms with Gasteiger partial charge in [-0.25, -0.2) is 0 Å². The molecule has 106 valence electrons. The van der Waals surface area contributed by atoms with E-state index in [1.54, 1.807) is 0 Å². The second-order valence-corrected chi connectivity index (χ2v) is 6.23. The molecule has 0 saturated carbocycles. The molecule has 19 heavy (non-hydrogen) atoms. The standard InChI is InChI=1S/C17H28N2/c1-13(2)16-7-10-19(11-8-16)17-5-4-15(6-9-18)12-14(17)3/h4-5,12-13,16H,6-11,18H2,1-3H3. The number of nitrogens with two attached hydrogens (primary N) is 1. The molecule has 1 heterocycles. The van der Waals surface area contributed by atoms with Crippen LogP contribution in [0, 0.1) is 18.8 Å². The zero-order valence-electron chi connectivity index (χ0n) is 12.7. The molecular formula is C17H28N2. The van der Waals surface area contributed by atoms with Crippen LogP contribution >= 0.6 is 0 Å². The molecule has 1 saturated heterocycles. The lowest BCUT2D eigenvalue weighted by Gasteiger charge is -2.36. The van der Waals surface area contributed by atoms with E-state index < -0.39 is 0 Å². The molecule has 2 rings (SSSR count). The number of hydrogen-bond acceptors (Lipinski definition) is 2. The highest BCUT2D eigenvalue weighted by molar-refractivity contribution is 5.54. The highest BCUT2D eigenvalue weighted by Gasteiger charge is 2.22. The van der Waals surface area contributed by atoms with Gasteiger partial charge >= 0.3 is 0 Å². The van der Waals surface area contributed by atoms with Gasteiger partial charge in [0.1, 0.15) is 0 Å². The third-order valence-electron chi connectivity index (χ3n) is 4.52. The summed E-state index contributed by atoms with van der Waals surface area (Å²) in [5.41, 5.74) is 9.80. The molecule has 0 atom stereocenters. The third kappa shape index (κ3) is 3.50. The fraction of sp³-hybridized carbons (Fsp3) is 0.647. The molecule has 0 unspecified atom stereocenters. The molecular weight excluding hydrogens is 232 g/mol. The Morgan fingerprint density at radius 3 is 2.47 bits per heavy atom. The first-order valence-electron chi connectivity index (χ1n) is 7.66. The van der Waals surface area contributed by atoms with Gasteiger partial charge in [0.15, 0.2) is 0 Å². The van der Waals surface area contributed by atoms with E-state index in [1.807, 2.05) is 0 Å². The van der Waals surface area contributed by atoms with Crippen LogP contribution in [-0.4, -0.2) is 19.6 Å². The zero-order chi connectivity index (χ0) is 13.8. The summed E-state index contributed by atoms with van der Waals surface area (Å²) in [7, 11) is 0. The fourth-order valence-corrected chi connectivity index (χ4v) is 3.20. The van der Waals surface area contributed by atoms with Crippen molar-refractivity contribution in [3.63, 3.8) is 0 Å². The van der Waals surface area contributed by atoms with Gasteiger partial charge in [0.2, 0.25) is 0 Å². The predicted octanol–water partition coefficient (Wildman–Crippen LogP) is 3.37. The van der Waals surface area contributed by atoms with Gasteiger partial charge in [-0.2, -0.15) is 0 Å². The highest BCUT2D eigenvalue weighted by atomic mass is 15.1. The van der Waals surface area contributed by atoms with E-state index in [2.05, 4.69) is 43.9 Å². The van der Waals surface area contributed by atoms with Crippen molar-refractivity contribution in [2.75, 3.05) is 24.5 Å². The topological polar surface area (TPSA) is 29.3 Å². The average molecular weight is 260 g/mol. The number of piperidine rings is 1. The van der Waals surface area contributed by atoms with Gasteiger partial charge in [-0.15, -0.1) is 0 Å². The number of nitrogens with zero attached hydrogens (tertiary/aromatic N) is 1. The Labute approximate surface area is 118 Å². The van der Waals surface area contributed by atoms with Gasteiger partial charge in [-0.05, 0) is 61.8 Å². The second kappa shape index (κ2) is 6.42. The molecule has 2 heteroatoms. The minimum atomic E-state index is 0.735. The molecule has 0 bridgehead atoms. The molecule has 1 aliphatic rings. The lowest BCUT2D eigenvalue weighted by molar-refractivity contribution is 0.311. The van der Waals surface area contributed by atoms with E-state index >= 15 is 0 Å². The number of benzene rings is 1. The summed E-state index contributed by atoms with van der Waals surface area (Å²) in [5.74, 6) is 1.74. The second-order valence-electron chi connectivity index (χ2n) is 6.23. The van der Waals surface area contributed by atoms with Crippen LogP contribution in [0.2, 0.25) is 0 Å². The minimum absolute atomic E-state index is 0.735. The normalized spacial score (nSPS) is 17.2. The van der Waals surface area contributed by atoms with Gasteiger partial charge in [0.05, 0.1) is 0 Å². The molecule has 1 aromatic carbocycles. The molecule has 1 fully saturated rings. The van der Waals surface area contributed by atoms with Crippen molar-refractivity contribution < 1.29 is 0 Å². The molecule has 2 N–H and O–H groups in total. The van der Waals surface area contributed by atoms with Crippen LogP contribution in [0.15, 0.2) is 18.2 Å². The van der Waals surface area contributed by atoms with E-state index in [-0.39, 0.29) is 0 Å². The van der Waals surface area contributed by atoms with E-state index in [4.69, 9.17) is 5.73 Å². The van der Waals surface area contributed by atoms with Crippen LogP contribution in [0.5, 0.6) is 0 Å². The maximum absolute atomic E-state index is 5.62. The summed E-state index contributed by atoms with van der Waals surface area (Å²) in [6.45, 7) is 10.1. The molecule has 2 nitrogen and oxygen atoms in total. The van der Waals surface area contributed by atoms with E-state index in [9.17, 15) is 0 Å². The van der Waals surface area contributed by atoms with Gasteiger partial charge in [-0.3, -0.25) is 0 Å².